The molecular formula is C15H15NO3. The minimum absolute atomic E-state index is 0.0518. The first-order chi connectivity index (χ1) is 9.09. The van der Waals surface area contributed by atoms with Gasteiger partial charge >= 0.3 is 5.69 Å². The molecule has 4 nitrogen and oxygen atoms in total. The molecule has 0 aliphatic heterocycles. The van der Waals surface area contributed by atoms with Crippen molar-refractivity contribution in [3.05, 3.63) is 69.3 Å². The minimum atomic E-state index is -0.386. The van der Waals surface area contributed by atoms with E-state index in [1.165, 1.54) is 0 Å². The van der Waals surface area contributed by atoms with Gasteiger partial charge in [0.25, 0.3) is 0 Å². The Morgan fingerprint density at radius 2 is 1.68 bits per heavy atom. The molecule has 0 spiro atoms. The van der Waals surface area contributed by atoms with Gasteiger partial charge < -0.3 is 4.74 Å². The van der Waals surface area contributed by atoms with Gasteiger partial charge in [0.1, 0.15) is 6.61 Å². The van der Waals surface area contributed by atoms with E-state index in [0.29, 0.717) is 17.9 Å². The van der Waals surface area contributed by atoms with Gasteiger partial charge in [0, 0.05) is 5.56 Å². The summed E-state index contributed by atoms with van der Waals surface area (Å²) in [6.07, 6.45) is 0. The Bertz CT molecular complexity index is 594. The third kappa shape index (κ3) is 2.91. The summed E-state index contributed by atoms with van der Waals surface area (Å²) >= 11 is 0. The van der Waals surface area contributed by atoms with Gasteiger partial charge in [-0.15, -0.1) is 0 Å². The third-order valence-electron chi connectivity index (χ3n) is 2.94. The van der Waals surface area contributed by atoms with Crippen molar-refractivity contribution < 1.29 is 9.66 Å². The fourth-order valence-electron chi connectivity index (χ4n) is 1.91. The fourth-order valence-corrected chi connectivity index (χ4v) is 1.91. The highest BCUT2D eigenvalue weighted by molar-refractivity contribution is 5.56. The molecule has 0 atom stereocenters. The summed E-state index contributed by atoms with van der Waals surface area (Å²) in [6.45, 7) is 3.85. The van der Waals surface area contributed by atoms with Crippen LogP contribution in [0.5, 0.6) is 5.75 Å². The smallest absolute Gasteiger partial charge is 0.314 e. The quantitative estimate of drug-likeness (QED) is 0.618. The van der Waals surface area contributed by atoms with Crippen LogP contribution >= 0.6 is 0 Å². The summed E-state index contributed by atoms with van der Waals surface area (Å²) in [4.78, 5) is 10.7. The van der Waals surface area contributed by atoms with E-state index in [9.17, 15) is 10.1 Å². The molecule has 0 saturated carbocycles. The van der Waals surface area contributed by atoms with E-state index in [-0.39, 0.29) is 10.6 Å². The summed E-state index contributed by atoms with van der Waals surface area (Å²) in [5.74, 6) is 0.355. The first-order valence-corrected chi connectivity index (χ1v) is 6.01. The van der Waals surface area contributed by atoms with Crippen LogP contribution in [0.3, 0.4) is 0 Å². The minimum Gasteiger partial charge on any atom is -0.482 e. The summed E-state index contributed by atoms with van der Waals surface area (Å²) < 4.78 is 5.65. The van der Waals surface area contributed by atoms with Crippen LogP contribution in [0.4, 0.5) is 5.69 Å². The zero-order valence-corrected chi connectivity index (χ0v) is 10.9. The molecule has 4 heteroatoms. The van der Waals surface area contributed by atoms with Crippen LogP contribution in [0.1, 0.15) is 16.7 Å². The molecule has 0 heterocycles. The lowest BCUT2D eigenvalue weighted by atomic mass is 10.1. The number of ether oxygens (including phenoxy) is 1. The van der Waals surface area contributed by atoms with Gasteiger partial charge in [0.15, 0.2) is 0 Å². The van der Waals surface area contributed by atoms with Crippen molar-refractivity contribution in [2.75, 3.05) is 0 Å². The number of benzene rings is 2. The Labute approximate surface area is 111 Å². The topological polar surface area (TPSA) is 52.4 Å². The van der Waals surface area contributed by atoms with Gasteiger partial charge in [-0.1, -0.05) is 42.5 Å². The maximum absolute atomic E-state index is 11.1. The summed E-state index contributed by atoms with van der Waals surface area (Å²) in [5, 5.41) is 11.1. The molecule has 0 unspecified atom stereocenters. The molecule has 2 aromatic carbocycles. The SMILES string of the molecule is Cc1ccc(C)c([N+](=O)[O-])c1OCc1ccccc1. The zero-order chi connectivity index (χ0) is 13.8. The van der Waals surface area contributed by atoms with Gasteiger partial charge in [-0.2, -0.15) is 0 Å². The normalized spacial score (nSPS) is 10.2. The molecule has 0 bridgehead atoms. The Morgan fingerprint density at radius 1 is 1.05 bits per heavy atom. The molecule has 19 heavy (non-hydrogen) atoms. The van der Waals surface area contributed by atoms with Gasteiger partial charge in [-0.3, -0.25) is 10.1 Å². The Balaban J connectivity index is 2.29. The Hall–Kier alpha value is -2.36. The van der Waals surface area contributed by atoms with Gasteiger partial charge in [-0.25, -0.2) is 0 Å². The average Bonchev–Trinajstić information content (AvgIpc) is 2.40. The Kier molecular flexibility index (Phi) is 3.80. The van der Waals surface area contributed by atoms with E-state index in [4.69, 9.17) is 4.74 Å². The number of hydrogen-bond donors (Lipinski definition) is 0. The van der Waals surface area contributed by atoms with Crippen molar-refractivity contribution in [1.82, 2.24) is 0 Å². The van der Waals surface area contributed by atoms with Crippen LogP contribution < -0.4 is 4.74 Å². The molecule has 2 rings (SSSR count). The lowest BCUT2D eigenvalue weighted by Gasteiger charge is -2.11. The van der Waals surface area contributed by atoms with Gasteiger partial charge in [0.2, 0.25) is 5.75 Å². The molecule has 0 saturated heterocycles. The molecule has 0 amide bonds. The molecule has 2 aromatic rings. The fraction of sp³-hybridized carbons (Fsp3) is 0.200. The van der Waals surface area contributed by atoms with Crippen LogP contribution in [0.2, 0.25) is 0 Å². The summed E-state index contributed by atoms with van der Waals surface area (Å²) in [5.41, 5.74) is 2.42. The molecule has 0 fully saturated rings. The summed E-state index contributed by atoms with van der Waals surface area (Å²) in [7, 11) is 0. The second-order valence-electron chi connectivity index (χ2n) is 4.41. The van der Waals surface area contributed by atoms with E-state index in [2.05, 4.69) is 0 Å². The highest BCUT2D eigenvalue weighted by atomic mass is 16.6. The second kappa shape index (κ2) is 5.52. The number of nitro benzene ring substituents is 1. The monoisotopic (exact) mass is 257 g/mol. The van der Waals surface area contributed by atoms with Crippen LogP contribution in [0.15, 0.2) is 42.5 Å². The number of nitrogens with zero attached hydrogens (tertiary/aromatic N) is 1. The molecule has 0 radical (unpaired) electrons. The number of rotatable bonds is 4. The number of aryl methyl sites for hydroxylation is 2. The molecule has 98 valence electrons. The van der Waals surface area contributed by atoms with Gasteiger partial charge in [-0.05, 0) is 25.0 Å². The predicted octanol–water partition coefficient (Wildman–Crippen LogP) is 3.79. The van der Waals surface area contributed by atoms with Crippen molar-refractivity contribution in [1.29, 1.82) is 0 Å². The van der Waals surface area contributed by atoms with Crippen molar-refractivity contribution in [3.8, 4) is 5.75 Å². The molecule has 0 aliphatic rings. The van der Waals surface area contributed by atoms with Crippen LogP contribution in [0.25, 0.3) is 0 Å². The van der Waals surface area contributed by atoms with Crippen LogP contribution in [-0.2, 0) is 6.61 Å². The first kappa shape index (κ1) is 13.1. The van der Waals surface area contributed by atoms with E-state index >= 15 is 0 Å². The van der Waals surface area contributed by atoms with Gasteiger partial charge in [0.05, 0.1) is 4.92 Å². The summed E-state index contributed by atoms with van der Waals surface area (Å²) in [6, 6.07) is 13.2. The van der Waals surface area contributed by atoms with Crippen molar-refractivity contribution in [3.63, 3.8) is 0 Å². The number of nitro groups is 1. The molecule has 0 aromatic heterocycles. The zero-order valence-electron chi connectivity index (χ0n) is 10.9. The standard InChI is InChI=1S/C15H15NO3/c1-11-8-9-12(2)15(14(11)16(17)18)19-10-13-6-4-3-5-7-13/h3-9H,10H2,1-2H3. The highest BCUT2D eigenvalue weighted by Gasteiger charge is 2.20. The largest absolute Gasteiger partial charge is 0.482 e. The van der Waals surface area contributed by atoms with Crippen LogP contribution in [0, 0.1) is 24.0 Å². The predicted molar refractivity (Wildman–Crippen MR) is 73.3 cm³/mol. The molecule has 0 N–H and O–H groups in total. The van der Waals surface area contributed by atoms with Crippen molar-refractivity contribution >= 4 is 5.69 Å². The van der Waals surface area contributed by atoms with Crippen LogP contribution in [-0.4, -0.2) is 4.92 Å². The van der Waals surface area contributed by atoms with E-state index in [0.717, 1.165) is 11.1 Å². The van der Waals surface area contributed by atoms with Crippen molar-refractivity contribution in [2.45, 2.75) is 20.5 Å². The van der Waals surface area contributed by atoms with E-state index < -0.39 is 0 Å². The Morgan fingerprint density at radius 3 is 2.32 bits per heavy atom. The first-order valence-electron chi connectivity index (χ1n) is 6.01. The number of hydrogen-bond acceptors (Lipinski definition) is 3. The third-order valence-corrected chi connectivity index (χ3v) is 2.94. The average molecular weight is 257 g/mol. The molecular weight excluding hydrogens is 242 g/mol. The van der Waals surface area contributed by atoms with E-state index in [1.54, 1.807) is 13.0 Å². The lowest BCUT2D eigenvalue weighted by molar-refractivity contribution is -0.386. The molecule has 0 aliphatic carbocycles. The van der Waals surface area contributed by atoms with E-state index in [1.807, 2.05) is 43.3 Å². The maximum Gasteiger partial charge on any atom is 0.314 e. The second-order valence-corrected chi connectivity index (χ2v) is 4.41. The highest BCUT2D eigenvalue weighted by Crippen LogP contribution is 2.34. The lowest BCUT2D eigenvalue weighted by Crippen LogP contribution is -2.02. The van der Waals surface area contributed by atoms with Crippen molar-refractivity contribution in [2.24, 2.45) is 0 Å². The maximum atomic E-state index is 11.1.